The zero-order valence-electron chi connectivity index (χ0n) is 10.5. The lowest BCUT2D eigenvalue weighted by Crippen LogP contribution is -2.21. The molecule has 0 amide bonds. The van der Waals surface area contributed by atoms with Gasteiger partial charge < -0.3 is 10.2 Å². The molecule has 1 heterocycles. The van der Waals surface area contributed by atoms with Crippen LogP contribution in [-0.2, 0) is 16.0 Å². The molecule has 0 radical (unpaired) electrons. The summed E-state index contributed by atoms with van der Waals surface area (Å²) in [5, 5.41) is 16.0. The number of aliphatic imine (C=N–C) groups is 1. The van der Waals surface area contributed by atoms with Crippen LogP contribution in [0.15, 0.2) is 41.0 Å². The molecule has 2 rings (SSSR count). The topological polar surface area (TPSA) is 87.0 Å². The number of nitrogens with zero attached hydrogens (tertiary/aromatic N) is 1. The van der Waals surface area contributed by atoms with Gasteiger partial charge in [-0.2, -0.15) is 13.2 Å². The Morgan fingerprint density at radius 2 is 1.71 bits per heavy atom. The van der Waals surface area contributed by atoms with E-state index in [1.807, 2.05) is 24.3 Å². The number of fused-ring (bicyclic) bond motifs is 1. The molecule has 2 N–H and O–H groups in total. The van der Waals surface area contributed by atoms with Gasteiger partial charge in [0.1, 0.15) is 0 Å². The monoisotopic (exact) mass is 301 g/mol. The molecule has 0 spiro atoms. The lowest BCUT2D eigenvalue weighted by atomic mass is 10.0. The van der Waals surface area contributed by atoms with E-state index in [0.29, 0.717) is 12.0 Å². The maximum Gasteiger partial charge on any atom is 0.490 e. The summed E-state index contributed by atoms with van der Waals surface area (Å²) in [5.74, 6) is -3.66. The number of aliphatic carboxylic acids is 2. The van der Waals surface area contributed by atoms with E-state index in [-0.39, 0.29) is 0 Å². The first-order valence-electron chi connectivity index (χ1n) is 5.55. The van der Waals surface area contributed by atoms with E-state index >= 15 is 0 Å². The van der Waals surface area contributed by atoms with E-state index in [4.69, 9.17) is 15.0 Å². The summed E-state index contributed by atoms with van der Waals surface area (Å²) in [6.07, 6.45) is -1.56. The number of halogens is 3. The van der Waals surface area contributed by atoms with Crippen molar-refractivity contribution in [2.45, 2.75) is 12.6 Å². The first kappa shape index (κ1) is 16.4. The second kappa shape index (κ2) is 6.69. The van der Waals surface area contributed by atoms with Crippen molar-refractivity contribution in [3.63, 3.8) is 0 Å². The summed E-state index contributed by atoms with van der Waals surface area (Å²) < 4.78 is 31.7. The van der Waals surface area contributed by atoms with Gasteiger partial charge in [-0.05, 0) is 11.1 Å². The maximum atomic E-state index is 10.8. The molecule has 0 aliphatic carbocycles. The summed E-state index contributed by atoms with van der Waals surface area (Å²) in [6, 6.07) is 7.66. The van der Waals surface area contributed by atoms with E-state index in [2.05, 4.69) is 4.99 Å². The first-order chi connectivity index (χ1) is 9.71. The highest BCUT2D eigenvalue weighted by molar-refractivity contribution is 5.90. The highest BCUT2D eigenvalue weighted by Gasteiger charge is 2.38. The number of carboxylic acid groups (broad SMARTS) is 2. The Hall–Kier alpha value is -2.64. The van der Waals surface area contributed by atoms with Gasteiger partial charge in [-0.1, -0.05) is 24.3 Å². The van der Waals surface area contributed by atoms with Gasteiger partial charge in [-0.3, -0.25) is 4.99 Å². The number of hydrogen-bond acceptors (Lipinski definition) is 3. The third-order valence-corrected chi connectivity index (χ3v) is 2.40. The molecule has 0 unspecified atom stereocenters. The smallest absolute Gasteiger partial charge is 0.478 e. The van der Waals surface area contributed by atoms with Crippen molar-refractivity contribution in [1.29, 1.82) is 0 Å². The number of rotatable bonds is 1. The predicted octanol–water partition coefficient (Wildman–Crippen LogP) is 2.26. The van der Waals surface area contributed by atoms with Crippen LogP contribution in [0.2, 0.25) is 0 Å². The molecule has 5 nitrogen and oxygen atoms in total. The molecule has 1 aromatic carbocycles. The van der Waals surface area contributed by atoms with E-state index < -0.39 is 18.1 Å². The molecule has 8 heteroatoms. The van der Waals surface area contributed by atoms with Gasteiger partial charge >= 0.3 is 18.1 Å². The number of carbonyl (C=O) groups is 2. The minimum absolute atomic E-state index is 0.325. The zero-order valence-corrected chi connectivity index (χ0v) is 10.5. The Kier molecular flexibility index (Phi) is 5.23. The Morgan fingerprint density at radius 1 is 1.14 bits per heavy atom. The number of alkyl halides is 3. The SMILES string of the molecule is O=C(O)C(F)(F)F.O=C(O)C1=CN=Cc2ccccc2C1. The summed E-state index contributed by atoms with van der Waals surface area (Å²) in [7, 11) is 0. The fraction of sp³-hybridized carbons (Fsp3) is 0.154. The van der Waals surface area contributed by atoms with Crippen molar-refractivity contribution in [3.8, 4) is 0 Å². The Labute approximate surface area is 117 Å². The van der Waals surface area contributed by atoms with E-state index in [0.717, 1.165) is 11.1 Å². The molecule has 0 saturated heterocycles. The molecule has 0 fully saturated rings. The third kappa shape index (κ3) is 5.09. The van der Waals surface area contributed by atoms with Crippen molar-refractivity contribution in [2.75, 3.05) is 0 Å². The molecule has 0 bridgehead atoms. The summed E-state index contributed by atoms with van der Waals surface area (Å²) in [4.78, 5) is 23.6. The second-order valence-corrected chi connectivity index (χ2v) is 3.92. The minimum atomic E-state index is -5.08. The lowest BCUT2D eigenvalue weighted by Gasteiger charge is -2.02. The van der Waals surface area contributed by atoms with Crippen molar-refractivity contribution >= 4 is 18.2 Å². The van der Waals surface area contributed by atoms with Crippen LogP contribution in [0.4, 0.5) is 13.2 Å². The lowest BCUT2D eigenvalue weighted by molar-refractivity contribution is -0.192. The number of carboxylic acids is 2. The highest BCUT2D eigenvalue weighted by atomic mass is 19.4. The fourth-order valence-electron chi connectivity index (χ4n) is 1.41. The first-order valence-corrected chi connectivity index (χ1v) is 5.55. The third-order valence-electron chi connectivity index (χ3n) is 2.40. The molecule has 1 aliphatic heterocycles. The molecule has 0 aromatic heterocycles. The molecule has 1 aromatic rings. The van der Waals surface area contributed by atoms with Crippen LogP contribution < -0.4 is 0 Å². The summed E-state index contributed by atoms with van der Waals surface area (Å²) in [5.41, 5.74) is 2.31. The minimum Gasteiger partial charge on any atom is -0.478 e. The Bertz CT molecular complexity index is 606. The van der Waals surface area contributed by atoms with E-state index in [1.54, 1.807) is 6.21 Å². The van der Waals surface area contributed by atoms with Gasteiger partial charge in [-0.25, -0.2) is 9.59 Å². The van der Waals surface area contributed by atoms with Crippen molar-refractivity contribution in [2.24, 2.45) is 4.99 Å². The molecule has 1 aliphatic rings. The van der Waals surface area contributed by atoms with E-state index in [1.165, 1.54) is 6.20 Å². The van der Waals surface area contributed by atoms with Gasteiger partial charge in [-0.15, -0.1) is 0 Å². The van der Waals surface area contributed by atoms with Crippen LogP contribution in [0.25, 0.3) is 0 Å². The average Bonchev–Trinajstić information content (AvgIpc) is 2.60. The fourth-order valence-corrected chi connectivity index (χ4v) is 1.41. The quantitative estimate of drug-likeness (QED) is 0.833. The standard InChI is InChI=1S/C11H9NO2.C2HF3O2/c13-11(14)10-5-8-3-1-2-4-9(8)6-12-7-10;3-2(4,5)1(6)7/h1-4,6-7H,5H2,(H,13,14);(H,6,7). The van der Waals surface area contributed by atoms with Gasteiger partial charge in [0.25, 0.3) is 0 Å². The normalized spacial score (nSPS) is 13.2. The second-order valence-electron chi connectivity index (χ2n) is 3.92. The number of benzene rings is 1. The van der Waals surface area contributed by atoms with Gasteiger partial charge in [0.2, 0.25) is 0 Å². The molecule has 0 atom stereocenters. The number of hydrogen-bond donors (Lipinski definition) is 2. The van der Waals surface area contributed by atoms with E-state index in [9.17, 15) is 18.0 Å². The van der Waals surface area contributed by atoms with Crippen LogP contribution in [0, 0.1) is 0 Å². The van der Waals surface area contributed by atoms with Crippen LogP contribution >= 0.6 is 0 Å². The van der Waals surface area contributed by atoms with Crippen LogP contribution in [0.1, 0.15) is 11.1 Å². The highest BCUT2D eigenvalue weighted by Crippen LogP contribution is 2.15. The molecular formula is C13H10F3NO4. The zero-order chi connectivity index (χ0) is 16.0. The summed E-state index contributed by atoms with van der Waals surface area (Å²) >= 11 is 0. The predicted molar refractivity (Wildman–Crippen MR) is 67.1 cm³/mol. The van der Waals surface area contributed by atoms with Crippen LogP contribution in [0.5, 0.6) is 0 Å². The van der Waals surface area contributed by atoms with Crippen LogP contribution in [0.3, 0.4) is 0 Å². The van der Waals surface area contributed by atoms with Gasteiger partial charge in [0.05, 0.1) is 5.57 Å². The van der Waals surface area contributed by atoms with Gasteiger partial charge in [0.15, 0.2) is 0 Å². The molecular weight excluding hydrogens is 291 g/mol. The van der Waals surface area contributed by atoms with Crippen LogP contribution in [-0.4, -0.2) is 34.5 Å². The Morgan fingerprint density at radius 3 is 2.24 bits per heavy atom. The summed E-state index contributed by atoms with van der Waals surface area (Å²) in [6.45, 7) is 0. The molecule has 112 valence electrons. The largest absolute Gasteiger partial charge is 0.490 e. The van der Waals surface area contributed by atoms with Gasteiger partial charge in [0, 0.05) is 18.8 Å². The van der Waals surface area contributed by atoms with Crippen molar-refractivity contribution < 1.29 is 33.0 Å². The average molecular weight is 301 g/mol. The van der Waals surface area contributed by atoms with Crippen molar-refractivity contribution in [1.82, 2.24) is 0 Å². The van der Waals surface area contributed by atoms with Crippen molar-refractivity contribution in [3.05, 3.63) is 47.2 Å². The molecule has 0 saturated carbocycles. The Balaban J connectivity index is 0.000000270. The maximum absolute atomic E-state index is 10.8. The molecule has 21 heavy (non-hydrogen) atoms.